The number of benzene rings is 1. The molecule has 0 spiro atoms. The van der Waals surface area contributed by atoms with E-state index in [-0.39, 0.29) is 31.6 Å². The Morgan fingerprint density at radius 2 is 2.19 bits per heavy atom. The lowest BCUT2D eigenvalue weighted by Gasteiger charge is -2.31. The number of Topliss-reactive ketones (excluding diaryl/α,β-unsaturated/α-hetero) is 1. The standard InChI is InChI=1S/C13H12FNO6/c14-9-3-8(4-10(5-9)15(19)20)6-13(12(17)18)7-21-2-1-11(13)16/h3-5H,1-2,6-7H2,(H,17,18). The Balaban J connectivity index is 2.40. The topological polar surface area (TPSA) is 107 Å². The molecule has 0 aromatic heterocycles. The zero-order valence-electron chi connectivity index (χ0n) is 10.9. The highest BCUT2D eigenvalue weighted by Crippen LogP contribution is 2.31. The van der Waals surface area contributed by atoms with Gasteiger partial charge in [-0.25, -0.2) is 4.39 Å². The van der Waals surface area contributed by atoms with Crippen molar-refractivity contribution in [2.75, 3.05) is 13.2 Å². The molecule has 1 heterocycles. The van der Waals surface area contributed by atoms with E-state index in [1.807, 2.05) is 0 Å². The van der Waals surface area contributed by atoms with Gasteiger partial charge in [-0.3, -0.25) is 19.7 Å². The van der Waals surface area contributed by atoms with Crippen LogP contribution in [0.5, 0.6) is 0 Å². The first kappa shape index (κ1) is 15.0. The van der Waals surface area contributed by atoms with Crippen molar-refractivity contribution in [1.82, 2.24) is 0 Å². The van der Waals surface area contributed by atoms with Crippen LogP contribution in [0, 0.1) is 21.3 Å². The van der Waals surface area contributed by atoms with Crippen LogP contribution >= 0.6 is 0 Å². The zero-order valence-corrected chi connectivity index (χ0v) is 10.9. The summed E-state index contributed by atoms with van der Waals surface area (Å²) in [4.78, 5) is 33.4. The van der Waals surface area contributed by atoms with Crippen molar-refractivity contribution in [3.8, 4) is 0 Å². The highest BCUT2D eigenvalue weighted by molar-refractivity contribution is 6.04. The fourth-order valence-electron chi connectivity index (χ4n) is 2.33. The van der Waals surface area contributed by atoms with Crippen molar-refractivity contribution in [3.63, 3.8) is 0 Å². The molecule has 1 N–H and O–H groups in total. The number of carbonyl (C=O) groups excluding carboxylic acids is 1. The molecule has 0 radical (unpaired) electrons. The fraction of sp³-hybridized carbons (Fsp3) is 0.385. The van der Waals surface area contributed by atoms with Gasteiger partial charge in [-0.15, -0.1) is 0 Å². The van der Waals surface area contributed by atoms with E-state index >= 15 is 0 Å². The van der Waals surface area contributed by atoms with Gasteiger partial charge in [-0.2, -0.15) is 0 Å². The van der Waals surface area contributed by atoms with Crippen LogP contribution in [0.15, 0.2) is 18.2 Å². The molecule has 8 heteroatoms. The number of nitrogens with zero attached hydrogens (tertiary/aromatic N) is 1. The summed E-state index contributed by atoms with van der Waals surface area (Å²) in [6.45, 7) is -0.192. The Bertz CT molecular complexity index is 617. The summed E-state index contributed by atoms with van der Waals surface area (Å²) in [6, 6.07) is 2.78. The molecule has 1 aromatic rings. The van der Waals surface area contributed by atoms with Crippen LogP contribution in [-0.2, 0) is 20.7 Å². The first-order valence-corrected chi connectivity index (χ1v) is 6.13. The Hall–Kier alpha value is -2.35. The normalized spacial score (nSPS) is 22.0. The van der Waals surface area contributed by atoms with E-state index in [0.717, 1.165) is 18.2 Å². The second kappa shape index (κ2) is 5.57. The van der Waals surface area contributed by atoms with Gasteiger partial charge in [-0.1, -0.05) is 0 Å². The van der Waals surface area contributed by atoms with Gasteiger partial charge in [0, 0.05) is 12.5 Å². The second-order valence-electron chi connectivity index (χ2n) is 4.86. The number of hydrogen-bond donors (Lipinski definition) is 1. The number of rotatable bonds is 4. The van der Waals surface area contributed by atoms with Crippen molar-refractivity contribution in [2.45, 2.75) is 12.8 Å². The van der Waals surface area contributed by atoms with Gasteiger partial charge < -0.3 is 9.84 Å². The number of hydrogen-bond acceptors (Lipinski definition) is 5. The van der Waals surface area contributed by atoms with Crippen molar-refractivity contribution in [3.05, 3.63) is 39.7 Å². The first-order chi connectivity index (χ1) is 9.85. The molecule has 1 aliphatic heterocycles. The summed E-state index contributed by atoms with van der Waals surface area (Å²) >= 11 is 0. The highest BCUT2D eigenvalue weighted by atomic mass is 19.1. The SMILES string of the molecule is O=C(O)C1(Cc2cc(F)cc([N+](=O)[O-])c2)COCCC1=O. The quantitative estimate of drug-likeness (QED) is 0.510. The molecule has 1 unspecified atom stereocenters. The van der Waals surface area contributed by atoms with Gasteiger partial charge in [0.15, 0.2) is 11.2 Å². The minimum absolute atomic E-state index is 0.0519. The molecule has 112 valence electrons. The lowest BCUT2D eigenvalue weighted by atomic mass is 9.76. The van der Waals surface area contributed by atoms with Gasteiger partial charge in [0.2, 0.25) is 0 Å². The Morgan fingerprint density at radius 1 is 1.48 bits per heavy atom. The smallest absolute Gasteiger partial charge is 0.319 e. The maximum atomic E-state index is 13.4. The van der Waals surface area contributed by atoms with E-state index in [0.29, 0.717) is 0 Å². The van der Waals surface area contributed by atoms with Crippen molar-refractivity contribution >= 4 is 17.4 Å². The molecular formula is C13H12FNO6. The summed E-state index contributed by atoms with van der Waals surface area (Å²) < 4.78 is 18.5. The third-order valence-electron chi connectivity index (χ3n) is 3.42. The number of nitro benzene ring substituents is 1. The fourth-order valence-corrected chi connectivity index (χ4v) is 2.33. The Kier molecular flexibility index (Phi) is 3.99. The van der Waals surface area contributed by atoms with Crippen LogP contribution in [0.25, 0.3) is 0 Å². The molecule has 1 fully saturated rings. The summed E-state index contributed by atoms with van der Waals surface area (Å²) in [5.41, 5.74) is -2.24. The number of carboxylic acids is 1. The van der Waals surface area contributed by atoms with Crippen LogP contribution in [-0.4, -0.2) is 35.0 Å². The molecule has 0 saturated carbocycles. The van der Waals surface area contributed by atoms with Gasteiger partial charge in [-0.05, 0) is 18.1 Å². The molecule has 1 saturated heterocycles. The summed E-state index contributed by atoms with van der Waals surface area (Å²) in [6.07, 6.45) is -0.399. The number of carbonyl (C=O) groups is 2. The number of carboxylic acid groups (broad SMARTS) is 1. The van der Waals surface area contributed by atoms with E-state index in [2.05, 4.69) is 0 Å². The average molecular weight is 297 g/mol. The maximum Gasteiger partial charge on any atom is 0.319 e. The molecule has 1 atom stereocenters. The predicted octanol–water partition coefficient (Wildman–Crippen LogP) is 1.34. The Morgan fingerprint density at radius 3 is 2.76 bits per heavy atom. The number of ketones is 1. The van der Waals surface area contributed by atoms with Gasteiger partial charge >= 0.3 is 5.97 Å². The van der Waals surface area contributed by atoms with Gasteiger partial charge in [0.25, 0.3) is 5.69 Å². The minimum atomic E-state index is -1.82. The molecule has 21 heavy (non-hydrogen) atoms. The van der Waals surface area contributed by atoms with Crippen LogP contribution in [0.3, 0.4) is 0 Å². The molecule has 2 rings (SSSR count). The van der Waals surface area contributed by atoms with Crippen molar-refractivity contribution in [2.24, 2.45) is 5.41 Å². The van der Waals surface area contributed by atoms with Gasteiger partial charge in [0.1, 0.15) is 5.82 Å². The summed E-state index contributed by atoms with van der Waals surface area (Å²) in [5, 5.41) is 20.0. The number of aliphatic carboxylic acids is 1. The van der Waals surface area contributed by atoms with Crippen LogP contribution in [0.1, 0.15) is 12.0 Å². The summed E-state index contributed by atoms with van der Waals surface area (Å²) in [7, 11) is 0. The molecular weight excluding hydrogens is 285 g/mol. The molecule has 1 aliphatic rings. The van der Waals surface area contributed by atoms with E-state index in [1.165, 1.54) is 0 Å². The van der Waals surface area contributed by atoms with Gasteiger partial charge in [0.05, 0.1) is 24.2 Å². The number of non-ortho nitro benzene ring substituents is 1. The second-order valence-corrected chi connectivity index (χ2v) is 4.86. The minimum Gasteiger partial charge on any atom is -0.480 e. The third-order valence-corrected chi connectivity index (χ3v) is 3.42. The van der Waals surface area contributed by atoms with Crippen LogP contribution in [0.2, 0.25) is 0 Å². The molecule has 1 aromatic carbocycles. The molecule has 0 amide bonds. The van der Waals surface area contributed by atoms with Crippen molar-refractivity contribution < 1.29 is 28.7 Å². The largest absolute Gasteiger partial charge is 0.480 e. The molecule has 7 nitrogen and oxygen atoms in total. The highest BCUT2D eigenvalue weighted by Gasteiger charge is 2.48. The molecule has 0 bridgehead atoms. The first-order valence-electron chi connectivity index (χ1n) is 6.13. The van der Waals surface area contributed by atoms with E-state index < -0.39 is 33.6 Å². The van der Waals surface area contributed by atoms with Crippen molar-refractivity contribution in [1.29, 1.82) is 0 Å². The number of ether oxygens (including phenoxy) is 1. The maximum absolute atomic E-state index is 13.4. The monoisotopic (exact) mass is 297 g/mol. The number of halogens is 1. The van der Waals surface area contributed by atoms with Crippen LogP contribution < -0.4 is 0 Å². The van der Waals surface area contributed by atoms with E-state index in [9.17, 15) is 29.2 Å². The number of nitro groups is 1. The lowest BCUT2D eigenvalue weighted by Crippen LogP contribution is -2.48. The Labute approximate surface area is 118 Å². The third kappa shape index (κ3) is 2.89. The van der Waals surface area contributed by atoms with Crippen LogP contribution in [0.4, 0.5) is 10.1 Å². The molecule has 0 aliphatic carbocycles. The average Bonchev–Trinajstić information content (AvgIpc) is 2.40. The predicted molar refractivity (Wildman–Crippen MR) is 67.3 cm³/mol. The lowest BCUT2D eigenvalue weighted by molar-refractivity contribution is -0.385. The summed E-state index contributed by atoms with van der Waals surface area (Å²) in [5.74, 6) is -2.75. The zero-order chi connectivity index (χ0) is 15.6. The van der Waals surface area contributed by atoms with E-state index in [1.54, 1.807) is 0 Å². The van der Waals surface area contributed by atoms with E-state index in [4.69, 9.17) is 4.74 Å².